The topological polar surface area (TPSA) is 46.1 Å². The van der Waals surface area contributed by atoms with Crippen molar-refractivity contribution >= 4 is 39.2 Å². The van der Waals surface area contributed by atoms with E-state index in [-0.39, 0.29) is 5.91 Å². The molecule has 1 aliphatic rings. The van der Waals surface area contributed by atoms with E-state index in [0.29, 0.717) is 11.8 Å². The number of carbonyl (C=O) groups is 1. The lowest BCUT2D eigenvalue weighted by molar-refractivity contribution is -0.132. The summed E-state index contributed by atoms with van der Waals surface area (Å²) in [6, 6.07) is 2.61. The van der Waals surface area contributed by atoms with Gasteiger partial charge >= 0.3 is 0 Å². The molecule has 0 saturated carbocycles. The SMILES string of the molecule is CCc1cc2c(SCC(=O)N3CCCCC3CC)nc(C)nc2s1. The number of thioether (sulfide) groups is 1. The van der Waals surface area contributed by atoms with Crippen LogP contribution in [-0.4, -0.2) is 39.1 Å². The molecular formula is C18H25N3OS2. The number of hydrogen-bond acceptors (Lipinski definition) is 5. The van der Waals surface area contributed by atoms with Gasteiger partial charge in [-0.15, -0.1) is 11.3 Å². The first-order valence-corrected chi connectivity index (χ1v) is 10.6. The van der Waals surface area contributed by atoms with Gasteiger partial charge in [-0.3, -0.25) is 4.79 Å². The van der Waals surface area contributed by atoms with Gasteiger partial charge < -0.3 is 4.90 Å². The van der Waals surface area contributed by atoms with Crippen LogP contribution in [0.2, 0.25) is 0 Å². The maximum atomic E-state index is 12.7. The second-order valence-electron chi connectivity index (χ2n) is 6.29. The minimum atomic E-state index is 0.252. The zero-order chi connectivity index (χ0) is 17.1. The van der Waals surface area contributed by atoms with Gasteiger partial charge in [0.2, 0.25) is 5.91 Å². The van der Waals surface area contributed by atoms with Crippen molar-refractivity contribution in [3.8, 4) is 0 Å². The van der Waals surface area contributed by atoms with Crippen molar-refractivity contribution in [2.75, 3.05) is 12.3 Å². The second-order valence-corrected chi connectivity index (χ2v) is 8.37. The average Bonchev–Trinajstić information content (AvgIpc) is 3.02. The molecule has 2 aromatic heterocycles. The third-order valence-electron chi connectivity index (χ3n) is 4.62. The first-order chi connectivity index (χ1) is 11.6. The highest BCUT2D eigenvalue weighted by Crippen LogP contribution is 2.32. The highest BCUT2D eigenvalue weighted by molar-refractivity contribution is 8.00. The van der Waals surface area contributed by atoms with E-state index in [0.717, 1.165) is 53.3 Å². The number of aromatic nitrogens is 2. The van der Waals surface area contributed by atoms with Crippen LogP contribution in [0.5, 0.6) is 0 Å². The van der Waals surface area contributed by atoms with E-state index in [2.05, 4.69) is 34.8 Å². The predicted molar refractivity (Wildman–Crippen MR) is 102 cm³/mol. The summed E-state index contributed by atoms with van der Waals surface area (Å²) in [5, 5.41) is 2.05. The summed E-state index contributed by atoms with van der Waals surface area (Å²) >= 11 is 3.30. The van der Waals surface area contributed by atoms with Crippen molar-refractivity contribution in [2.24, 2.45) is 0 Å². The van der Waals surface area contributed by atoms with Gasteiger partial charge in [0.15, 0.2) is 0 Å². The molecule has 1 amide bonds. The summed E-state index contributed by atoms with van der Waals surface area (Å²) in [5.41, 5.74) is 0. The van der Waals surface area contributed by atoms with Gasteiger partial charge in [0.05, 0.1) is 5.75 Å². The summed E-state index contributed by atoms with van der Waals surface area (Å²) in [6.07, 6.45) is 5.59. The Bertz CT molecular complexity index is 728. The Hall–Kier alpha value is -1.14. The van der Waals surface area contributed by atoms with Crippen LogP contribution in [0.1, 0.15) is 50.2 Å². The fraction of sp³-hybridized carbons (Fsp3) is 0.611. The lowest BCUT2D eigenvalue weighted by Gasteiger charge is -2.35. The van der Waals surface area contributed by atoms with E-state index in [4.69, 9.17) is 0 Å². The van der Waals surface area contributed by atoms with Crippen LogP contribution in [0, 0.1) is 6.92 Å². The van der Waals surface area contributed by atoms with Crippen LogP contribution in [0.25, 0.3) is 10.2 Å². The lowest BCUT2D eigenvalue weighted by Crippen LogP contribution is -2.44. The summed E-state index contributed by atoms with van der Waals surface area (Å²) in [6.45, 7) is 7.17. The molecule has 0 aliphatic carbocycles. The zero-order valence-electron chi connectivity index (χ0n) is 14.7. The number of fused-ring (bicyclic) bond motifs is 1. The molecule has 0 bridgehead atoms. The summed E-state index contributed by atoms with van der Waals surface area (Å²) in [7, 11) is 0. The van der Waals surface area contributed by atoms with E-state index in [1.807, 2.05) is 6.92 Å². The second kappa shape index (κ2) is 7.83. The average molecular weight is 364 g/mol. The van der Waals surface area contributed by atoms with Gasteiger partial charge in [-0.1, -0.05) is 25.6 Å². The molecule has 3 rings (SSSR count). The molecule has 0 N–H and O–H groups in total. The normalized spacial score (nSPS) is 18.3. The molecule has 2 aromatic rings. The van der Waals surface area contributed by atoms with Crippen LogP contribution in [0.3, 0.4) is 0 Å². The number of nitrogens with zero attached hydrogens (tertiary/aromatic N) is 3. The molecule has 0 spiro atoms. The molecule has 1 unspecified atom stereocenters. The number of likely N-dealkylation sites (tertiary alicyclic amines) is 1. The molecule has 0 aromatic carbocycles. The highest BCUT2D eigenvalue weighted by Gasteiger charge is 2.25. The van der Waals surface area contributed by atoms with Crippen molar-refractivity contribution in [1.29, 1.82) is 0 Å². The fourth-order valence-corrected chi connectivity index (χ4v) is 5.31. The minimum Gasteiger partial charge on any atom is -0.339 e. The van der Waals surface area contributed by atoms with Crippen molar-refractivity contribution < 1.29 is 4.79 Å². The Labute approximate surface area is 152 Å². The quantitative estimate of drug-likeness (QED) is 0.582. The number of rotatable bonds is 5. The maximum absolute atomic E-state index is 12.7. The van der Waals surface area contributed by atoms with Crippen LogP contribution in [0.15, 0.2) is 11.1 Å². The third-order valence-corrected chi connectivity index (χ3v) is 6.77. The van der Waals surface area contributed by atoms with E-state index in [9.17, 15) is 4.79 Å². The Morgan fingerprint density at radius 3 is 2.96 bits per heavy atom. The van der Waals surface area contributed by atoms with Gasteiger partial charge in [0.25, 0.3) is 0 Å². The Morgan fingerprint density at radius 2 is 2.21 bits per heavy atom. The summed E-state index contributed by atoms with van der Waals surface area (Å²) < 4.78 is 0. The highest BCUT2D eigenvalue weighted by atomic mass is 32.2. The van der Waals surface area contributed by atoms with Gasteiger partial charge in [-0.2, -0.15) is 0 Å². The molecule has 3 heterocycles. The van der Waals surface area contributed by atoms with Gasteiger partial charge in [0, 0.05) is 22.8 Å². The number of hydrogen-bond donors (Lipinski definition) is 0. The molecule has 1 saturated heterocycles. The van der Waals surface area contributed by atoms with Crippen molar-refractivity contribution in [3.05, 3.63) is 16.8 Å². The van der Waals surface area contributed by atoms with E-state index < -0.39 is 0 Å². The van der Waals surface area contributed by atoms with Crippen LogP contribution >= 0.6 is 23.1 Å². The largest absolute Gasteiger partial charge is 0.339 e. The number of aryl methyl sites for hydroxylation is 2. The molecule has 6 heteroatoms. The number of thiophene rings is 1. The number of carbonyl (C=O) groups excluding carboxylic acids is 1. The van der Waals surface area contributed by atoms with Crippen LogP contribution in [-0.2, 0) is 11.2 Å². The van der Waals surface area contributed by atoms with Gasteiger partial charge in [0.1, 0.15) is 15.7 Å². The predicted octanol–water partition coefficient (Wildman–Crippen LogP) is 4.45. The van der Waals surface area contributed by atoms with Gasteiger partial charge in [-0.25, -0.2) is 9.97 Å². The summed E-state index contributed by atoms with van der Waals surface area (Å²) in [4.78, 5) is 26.3. The molecule has 1 atom stereocenters. The van der Waals surface area contributed by atoms with Gasteiger partial charge in [-0.05, 0) is 45.1 Å². The first kappa shape index (κ1) is 17.7. The monoisotopic (exact) mass is 363 g/mol. The maximum Gasteiger partial charge on any atom is 0.233 e. The van der Waals surface area contributed by atoms with E-state index in [1.165, 1.54) is 11.3 Å². The standard InChI is InChI=1S/C18H25N3OS2/c1-4-13-8-6-7-9-21(13)16(22)11-23-17-15-10-14(5-2)24-18(15)20-12(3)19-17/h10,13H,4-9,11H2,1-3H3. The molecule has 0 radical (unpaired) electrons. The molecule has 1 aliphatic heterocycles. The van der Waals surface area contributed by atoms with Crippen LogP contribution in [0.4, 0.5) is 0 Å². The Morgan fingerprint density at radius 1 is 1.38 bits per heavy atom. The fourth-order valence-electron chi connectivity index (χ4n) is 3.30. The molecule has 24 heavy (non-hydrogen) atoms. The Kier molecular flexibility index (Phi) is 5.76. The lowest BCUT2D eigenvalue weighted by atomic mass is 10.0. The van der Waals surface area contributed by atoms with E-state index >= 15 is 0 Å². The molecule has 1 fully saturated rings. The first-order valence-electron chi connectivity index (χ1n) is 8.81. The van der Waals surface area contributed by atoms with Crippen molar-refractivity contribution in [3.63, 3.8) is 0 Å². The zero-order valence-corrected chi connectivity index (χ0v) is 16.3. The minimum absolute atomic E-state index is 0.252. The number of amides is 1. The summed E-state index contributed by atoms with van der Waals surface area (Å²) in [5.74, 6) is 1.51. The smallest absolute Gasteiger partial charge is 0.233 e. The number of piperidine rings is 1. The Balaban J connectivity index is 1.75. The van der Waals surface area contributed by atoms with Crippen molar-refractivity contribution in [2.45, 2.75) is 63.9 Å². The van der Waals surface area contributed by atoms with E-state index in [1.54, 1.807) is 23.1 Å². The van der Waals surface area contributed by atoms with Crippen LogP contribution < -0.4 is 0 Å². The molecular weight excluding hydrogens is 338 g/mol. The molecule has 130 valence electrons. The molecule has 4 nitrogen and oxygen atoms in total. The third kappa shape index (κ3) is 3.75. The van der Waals surface area contributed by atoms with Crippen molar-refractivity contribution in [1.82, 2.24) is 14.9 Å².